The van der Waals surface area contributed by atoms with Crippen molar-refractivity contribution in [2.75, 3.05) is 0 Å². The van der Waals surface area contributed by atoms with Gasteiger partial charge in [-0.1, -0.05) is 43.9 Å². The van der Waals surface area contributed by atoms with Crippen molar-refractivity contribution in [1.82, 2.24) is 0 Å². The van der Waals surface area contributed by atoms with Crippen LogP contribution in [0.3, 0.4) is 0 Å². The van der Waals surface area contributed by atoms with Gasteiger partial charge in [0.1, 0.15) is 11.9 Å². The monoisotopic (exact) mass is 367 g/mol. The molecule has 4 heteroatoms. The molecule has 0 saturated carbocycles. The van der Waals surface area contributed by atoms with Crippen molar-refractivity contribution in [2.24, 2.45) is 0 Å². The number of rotatable bonds is 9. The topological polar surface area (TPSA) is 52.6 Å². The fraction of sp³-hybridized carbons (Fsp3) is 0.348. The van der Waals surface area contributed by atoms with Gasteiger partial charge < -0.3 is 9.47 Å². The first-order valence-electron chi connectivity index (χ1n) is 9.43. The second-order valence-electron chi connectivity index (χ2n) is 6.68. The summed E-state index contributed by atoms with van der Waals surface area (Å²) in [5.41, 5.74) is 1.99. The van der Waals surface area contributed by atoms with Crippen molar-refractivity contribution in [3.8, 4) is 5.75 Å². The van der Waals surface area contributed by atoms with Gasteiger partial charge in [-0.15, -0.1) is 0 Å². The Balaban J connectivity index is 1.85. The molecule has 0 saturated heterocycles. The molecule has 2 aromatic rings. The Bertz CT molecular complexity index is 732. The summed E-state index contributed by atoms with van der Waals surface area (Å²) < 4.78 is 10.7. The summed E-state index contributed by atoms with van der Waals surface area (Å²) in [6.45, 7) is 5.96. The third-order valence-electron chi connectivity index (χ3n) is 4.24. The summed E-state index contributed by atoms with van der Waals surface area (Å²) in [6.07, 6.45) is 6.07. The number of aryl methyl sites for hydroxylation is 1. The number of unbranched alkanes of at least 4 members (excludes halogenated alkanes) is 3. The van der Waals surface area contributed by atoms with E-state index in [1.54, 1.807) is 36.4 Å². The van der Waals surface area contributed by atoms with Crippen LogP contribution in [0.1, 0.15) is 72.2 Å². The highest BCUT2D eigenvalue weighted by atomic mass is 16.5. The minimum Gasteiger partial charge on any atom is -0.452 e. The molecule has 4 nitrogen and oxygen atoms in total. The summed E-state index contributed by atoms with van der Waals surface area (Å²) in [5, 5.41) is 0. The molecule has 2 rings (SSSR count). The standard InChI is InChI=1S/C23H27O4/c1-4-5-6-7-8-18(3)26-22(24)20-13-15-21(16-14-20)27-23(25)19-11-9-17(2)10-12-19/h9-16H,4-8H2,1-3H3. The van der Waals surface area contributed by atoms with Gasteiger partial charge in [0.2, 0.25) is 0 Å². The number of hydrogen-bond donors (Lipinski definition) is 0. The summed E-state index contributed by atoms with van der Waals surface area (Å²) in [5.74, 6) is -0.432. The van der Waals surface area contributed by atoms with Gasteiger partial charge in [-0.2, -0.15) is 0 Å². The molecule has 1 radical (unpaired) electrons. The summed E-state index contributed by atoms with van der Waals surface area (Å²) >= 11 is 0. The Labute approximate surface area is 161 Å². The molecule has 143 valence electrons. The zero-order chi connectivity index (χ0) is 19.6. The van der Waals surface area contributed by atoms with Crippen molar-refractivity contribution in [2.45, 2.75) is 52.9 Å². The van der Waals surface area contributed by atoms with Gasteiger partial charge in [0.25, 0.3) is 0 Å². The molecule has 0 unspecified atom stereocenters. The molecule has 0 N–H and O–H groups in total. The first kappa shape index (κ1) is 20.7. The van der Waals surface area contributed by atoms with Gasteiger partial charge in [0.15, 0.2) is 0 Å². The number of esters is 2. The van der Waals surface area contributed by atoms with E-state index in [0.717, 1.165) is 30.9 Å². The van der Waals surface area contributed by atoms with Crippen molar-refractivity contribution >= 4 is 11.9 Å². The first-order chi connectivity index (χ1) is 13.0. The number of hydrogen-bond acceptors (Lipinski definition) is 4. The SMILES string of the molecule is CCCCCC[C](C)OC(=O)c1ccc(OC(=O)c2ccc(C)cc2)cc1. The highest BCUT2D eigenvalue weighted by Gasteiger charge is 2.14. The van der Waals surface area contributed by atoms with E-state index in [2.05, 4.69) is 6.92 Å². The van der Waals surface area contributed by atoms with Crippen LogP contribution in [0.5, 0.6) is 5.75 Å². The fourth-order valence-corrected chi connectivity index (χ4v) is 2.58. The minimum atomic E-state index is -0.429. The van der Waals surface area contributed by atoms with Crippen LogP contribution >= 0.6 is 0 Å². The second kappa shape index (κ2) is 10.5. The van der Waals surface area contributed by atoms with E-state index >= 15 is 0 Å². The van der Waals surface area contributed by atoms with E-state index in [1.807, 2.05) is 26.0 Å². The van der Waals surface area contributed by atoms with Crippen molar-refractivity contribution in [1.29, 1.82) is 0 Å². The highest BCUT2D eigenvalue weighted by Crippen LogP contribution is 2.19. The second-order valence-corrected chi connectivity index (χ2v) is 6.68. The average Bonchev–Trinajstić information content (AvgIpc) is 2.66. The van der Waals surface area contributed by atoms with E-state index < -0.39 is 5.97 Å². The molecule has 0 aliphatic heterocycles. The average molecular weight is 367 g/mol. The van der Waals surface area contributed by atoms with Gasteiger partial charge in [0, 0.05) is 0 Å². The van der Waals surface area contributed by atoms with Crippen LogP contribution in [0, 0.1) is 13.0 Å². The molecule has 0 atom stereocenters. The Morgan fingerprint density at radius 1 is 0.815 bits per heavy atom. The maximum atomic E-state index is 12.2. The van der Waals surface area contributed by atoms with E-state index in [9.17, 15) is 9.59 Å². The summed E-state index contributed by atoms with van der Waals surface area (Å²) in [4.78, 5) is 24.3. The van der Waals surface area contributed by atoms with Crippen LogP contribution in [-0.4, -0.2) is 11.9 Å². The van der Waals surface area contributed by atoms with Gasteiger partial charge in [-0.25, -0.2) is 9.59 Å². The molecule has 0 aliphatic rings. The lowest BCUT2D eigenvalue weighted by Gasteiger charge is -2.12. The number of carbonyl (C=O) groups is 2. The van der Waals surface area contributed by atoms with E-state index in [1.165, 1.54) is 12.8 Å². The number of carbonyl (C=O) groups excluding carboxylic acids is 2. The molecular weight excluding hydrogens is 340 g/mol. The maximum Gasteiger partial charge on any atom is 0.343 e. The van der Waals surface area contributed by atoms with Gasteiger partial charge >= 0.3 is 11.9 Å². The molecular formula is C23H27O4. The van der Waals surface area contributed by atoms with Crippen LogP contribution in [0.4, 0.5) is 0 Å². The summed E-state index contributed by atoms with van der Waals surface area (Å²) in [6, 6.07) is 13.6. The maximum absolute atomic E-state index is 12.2. The zero-order valence-corrected chi connectivity index (χ0v) is 16.3. The molecule has 2 aromatic carbocycles. The Morgan fingerprint density at radius 3 is 2.04 bits per heavy atom. The first-order valence-corrected chi connectivity index (χ1v) is 9.43. The van der Waals surface area contributed by atoms with Crippen molar-refractivity contribution < 1.29 is 19.1 Å². The van der Waals surface area contributed by atoms with Crippen molar-refractivity contribution in [3.05, 3.63) is 71.3 Å². The van der Waals surface area contributed by atoms with Crippen LogP contribution in [-0.2, 0) is 4.74 Å². The number of benzene rings is 2. The molecule has 27 heavy (non-hydrogen) atoms. The predicted molar refractivity (Wildman–Crippen MR) is 106 cm³/mol. The lowest BCUT2D eigenvalue weighted by atomic mass is 10.1. The molecule has 0 heterocycles. The largest absolute Gasteiger partial charge is 0.452 e. The van der Waals surface area contributed by atoms with Gasteiger partial charge in [-0.05, 0) is 63.1 Å². The third kappa shape index (κ3) is 6.89. The van der Waals surface area contributed by atoms with Gasteiger partial charge in [-0.3, -0.25) is 0 Å². The van der Waals surface area contributed by atoms with Crippen LogP contribution in [0.15, 0.2) is 48.5 Å². The molecule has 0 amide bonds. The third-order valence-corrected chi connectivity index (χ3v) is 4.24. The van der Waals surface area contributed by atoms with Crippen LogP contribution in [0.25, 0.3) is 0 Å². The predicted octanol–water partition coefficient (Wildman–Crippen LogP) is 5.89. The lowest BCUT2D eigenvalue weighted by Crippen LogP contribution is -2.10. The smallest absolute Gasteiger partial charge is 0.343 e. The molecule has 0 aromatic heterocycles. The molecule has 0 fully saturated rings. The molecule has 0 bridgehead atoms. The Hall–Kier alpha value is -2.62. The minimum absolute atomic E-state index is 0.386. The zero-order valence-electron chi connectivity index (χ0n) is 16.3. The van der Waals surface area contributed by atoms with Crippen LogP contribution < -0.4 is 4.74 Å². The highest BCUT2D eigenvalue weighted by molar-refractivity contribution is 5.92. The lowest BCUT2D eigenvalue weighted by molar-refractivity contribution is 0.0521. The number of ether oxygens (including phenoxy) is 2. The quantitative estimate of drug-likeness (QED) is 0.315. The van der Waals surface area contributed by atoms with E-state index in [4.69, 9.17) is 9.47 Å². The van der Waals surface area contributed by atoms with Gasteiger partial charge in [0.05, 0.1) is 11.1 Å². The normalized spacial score (nSPS) is 10.7. The van der Waals surface area contributed by atoms with E-state index in [0.29, 0.717) is 16.9 Å². The Kier molecular flexibility index (Phi) is 8.05. The Morgan fingerprint density at radius 2 is 1.41 bits per heavy atom. The molecule has 0 spiro atoms. The van der Waals surface area contributed by atoms with E-state index in [-0.39, 0.29) is 5.97 Å². The summed E-state index contributed by atoms with van der Waals surface area (Å²) in [7, 11) is 0. The molecule has 0 aliphatic carbocycles. The van der Waals surface area contributed by atoms with Crippen LogP contribution in [0.2, 0.25) is 0 Å². The van der Waals surface area contributed by atoms with Crippen molar-refractivity contribution in [3.63, 3.8) is 0 Å². The fourth-order valence-electron chi connectivity index (χ4n) is 2.58.